The molecule has 12 heteroatoms. The fourth-order valence-electron chi connectivity index (χ4n) is 3.16. The van der Waals surface area contributed by atoms with Crippen molar-refractivity contribution in [3.8, 4) is 17.6 Å². The summed E-state index contributed by atoms with van der Waals surface area (Å²) in [5, 5.41) is 14.9. The van der Waals surface area contributed by atoms with Gasteiger partial charge in [-0.3, -0.25) is 9.59 Å². The second-order valence-corrected chi connectivity index (χ2v) is 10.4. The van der Waals surface area contributed by atoms with Gasteiger partial charge in [0.05, 0.1) is 33.2 Å². The van der Waals surface area contributed by atoms with Crippen molar-refractivity contribution < 1.29 is 18.7 Å². The lowest BCUT2D eigenvalue weighted by Crippen LogP contribution is -2.48. The molecule has 7 nitrogen and oxygen atoms in total. The Morgan fingerprint density at radius 1 is 1.16 bits per heavy atom. The van der Waals surface area contributed by atoms with Gasteiger partial charge in [-0.2, -0.15) is 5.26 Å². The van der Waals surface area contributed by atoms with Gasteiger partial charge in [0.2, 0.25) is 5.91 Å². The third-order valence-electron chi connectivity index (χ3n) is 5.17. The van der Waals surface area contributed by atoms with Gasteiger partial charge in [-0.25, -0.2) is 4.39 Å². The molecule has 0 atom stereocenters. The molecule has 0 saturated heterocycles. The summed E-state index contributed by atoms with van der Waals surface area (Å²) in [4.78, 5) is 25.1. The Hall–Kier alpha value is -2.87. The Labute approximate surface area is 244 Å². The van der Waals surface area contributed by atoms with E-state index in [-0.39, 0.29) is 69.6 Å². The van der Waals surface area contributed by atoms with Crippen LogP contribution in [-0.2, 0) is 11.2 Å². The van der Waals surface area contributed by atoms with E-state index in [9.17, 15) is 9.59 Å². The molecule has 4 N–H and O–H groups in total. The van der Waals surface area contributed by atoms with Gasteiger partial charge in [-0.05, 0) is 72.2 Å². The first kappa shape index (κ1) is 31.3. The van der Waals surface area contributed by atoms with Crippen molar-refractivity contribution >= 4 is 69.0 Å². The van der Waals surface area contributed by atoms with Crippen molar-refractivity contribution in [2.45, 2.75) is 25.8 Å². The van der Waals surface area contributed by atoms with Crippen LogP contribution in [0.1, 0.15) is 35.3 Å². The second-order valence-electron chi connectivity index (χ2n) is 8.70. The molecule has 0 bridgehead atoms. The van der Waals surface area contributed by atoms with Crippen LogP contribution in [0.25, 0.3) is 0 Å². The number of amides is 2. The van der Waals surface area contributed by atoms with Crippen LogP contribution in [0.5, 0.6) is 11.5 Å². The molecule has 3 rings (SSSR count). The molecule has 3 aromatic rings. The number of hydrogen-bond donors (Lipinski definition) is 3. The van der Waals surface area contributed by atoms with E-state index in [0.29, 0.717) is 10.0 Å². The number of nitrogens with one attached hydrogen (secondary N) is 2. The summed E-state index contributed by atoms with van der Waals surface area (Å²) >= 11 is 15.5. The van der Waals surface area contributed by atoms with Crippen molar-refractivity contribution in [2.75, 3.05) is 11.9 Å². The molecular weight excluding hydrogens is 622 g/mol. The summed E-state index contributed by atoms with van der Waals surface area (Å²) in [6.07, 6.45) is -0.322. The predicted molar refractivity (Wildman–Crippen MR) is 152 cm³/mol. The zero-order valence-corrected chi connectivity index (χ0v) is 24.1. The van der Waals surface area contributed by atoms with Crippen LogP contribution < -0.4 is 21.1 Å². The number of hydrogen-bond acceptors (Lipinski definition) is 5. The quantitative estimate of drug-likeness (QED) is 0.255. The number of rotatable bonds is 8. The van der Waals surface area contributed by atoms with E-state index in [2.05, 4.69) is 26.6 Å². The minimum atomic E-state index is -0.761. The standard InChI is InChI=1S/C26H22BrCl2FN4O3.ClH/c1-26(2,13-32)34-25(36)16-4-6-21(20(29)9-16)33-22(35)10-15-3-5-19(27)24(23(15)30)37-18-8-14(12-31)7-17(28)11-18;/h3-9,11H,10,13,32H2,1-2H3,(H,33,35)(H,34,36);1H. The third-order valence-corrected chi connectivity index (χ3v) is 6.32. The Bertz CT molecular complexity index is 1410. The first-order valence-electron chi connectivity index (χ1n) is 10.9. The van der Waals surface area contributed by atoms with E-state index >= 15 is 4.39 Å². The summed E-state index contributed by atoms with van der Waals surface area (Å²) in [6, 6.07) is 13.7. The van der Waals surface area contributed by atoms with Gasteiger partial charge in [-0.1, -0.05) is 29.3 Å². The molecule has 0 aliphatic carbocycles. The lowest BCUT2D eigenvalue weighted by Gasteiger charge is -2.24. The zero-order valence-electron chi connectivity index (χ0n) is 20.2. The topological polar surface area (TPSA) is 117 Å². The Morgan fingerprint density at radius 3 is 2.50 bits per heavy atom. The summed E-state index contributed by atoms with van der Waals surface area (Å²) in [5.74, 6) is -1.66. The smallest absolute Gasteiger partial charge is 0.251 e. The molecule has 2 amide bonds. The van der Waals surface area contributed by atoms with E-state index in [1.54, 1.807) is 19.9 Å². The van der Waals surface area contributed by atoms with Crippen LogP contribution >= 0.6 is 51.5 Å². The van der Waals surface area contributed by atoms with Crippen LogP contribution in [0.15, 0.2) is 53.0 Å². The number of benzene rings is 3. The maximum Gasteiger partial charge on any atom is 0.251 e. The highest BCUT2D eigenvalue weighted by atomic mass is 79.9. The van der Waals surface area contributed by atoms with Gasteiger partial charge in [0.15, 0.2) is 11.6 Å². The maximum atomic E-state index is 15.3. The number of halogens is 5. The lowest BCUT2D eigenvalue weighted by molar-refractivity contribution is -0.115. The third kappa shape index (κ3) is 8.06. The SMILES string of the molecule is CC(C)(CN)NC(=O)c1ccc(NC(=O)Cc2ccc(Br)c(Oc3cc(Cl)cc(C#N)c3)c2F)c(Cl)c1.Cl. The highest BCUT2D eigenvalue weighted by Gasteiger charge is 2.21. The molecule has 0 fully saturated rings. The van der Waals surface area contributed by atoms with Gasteiger partial charge in [-0.15, -0.1) is 12.4 Å². The van der Waals surface area contributed by atoms with Crippen LogP contribution in [0.2, 0.25) is 10.0 Å². The summed E-state index contributed by atoms with van der Waals surface area (Å²) in [5.41, 5.74) is 5.92. The van der Waals surface area contributed by atoms with Crippen LogP contribution in [0.4, 0.5) is 10.1 Å². The Balaban J connectivity index is 0.00000507. The molecule has 0 radical (unpaired) electrons. The van der Waals surface area contributed by atoms with E-state index < -0.39 is 17.3 Å². The Morgan fingerprint density at radius 2 is 1.87 bits per heavy atom. The minimum absolute atomic E-state index is 0. The van der Waals surface area contributed by atoms with Gasteiger partial charge in [0.1, 0.15) is 5.75 Å². The summed E-state index contributed by atoms with van der Waals surface area (Å²) < 4.78 is 21.2. The van der Waals surface area contributed by atoms with E-state index in [0.717, 1.165) is 0 Å². The van der Waals surface area contributed by atoms with Crippen LogP contribution in [-0.4, -0.2) is 23.9 Å². The molecule has 200 valence electrons. The molecule has 38 heavy (non-hydrogen) atoms. The second kappa shape index (κ2) is 13.3. The lowest BCUT2D eigenvalue weighted by atomic mass is 10.1. The molecular formula is C26H23BrCl3FN4O3. The molecule has 0 unspecified atom stereocenters. The highest BCUT2D eigenvalue weighted by molar-refractivity contribution is 9.10. The molecule has 0 aliphatic heterocycles. The number of carbonyl (C=O) groups is 2. The van der Waals surface area contributed by atoms with Gasteiger partial charge in [0.25, 0.3) is 5.91 Å². The molecule has 0 aliphatic rings. The number of carbonyl (C=O) groups excluding carboxylic acids is 2. The summed E-state index contributed by atoms with van der Waals surface area (Å²) in [6.45, 7) is 3.83. The number of ether oxygens (including phenoxy) is 1. The number of nitrogens with zero attached hydrogens (tertiary/aromatic N) is 1. The molecule has 3 aromatic carbocycles. The fraction of sp³-hybridized carbons (Fsp3) is 0.192. The van der Waals surface area contributed by atoms with Gasteiger partial charge < -0.3 is 21.1 Å². The first-order chi connectivity index (χ1) is 17.4. The molecule has 0 aromatic heterocycles. The highest BCUT2D eigenvalue weighted by Crippen LogP contribution is 2.36. The average molecular weight is 645 g/mol. The fourth-order valence-corrected chi connectivity index (χ4v) is 4.00. The number of anilines is 1. The monoisotopic (exact) mass is 642 g/mol. The van der Waals surface area contributed by atoms with Crippen LogP contribution in [0.3, 0.4) is 0 Å². The molecule has 0 heterocycles. The van der Waals surface area contributed by atoms with E-state index in [1.165, 1.54) is 42.5 Å². The largest absolute Gasteiger partial charge is 0.453 e. The summed E-state index contributed by atoms with van der Waals surface area (Å²) in [7, 11) is 0. The van der Waals surface area contributed by atoms with Crippen molar-refractivity contribution in [3.05, 3.63) is 85.6 Å². The van der Waals surface area contributed by atoms with Gasteiger partial charge >= 0.3 is 0 Å². The van der Waals surface area contributed by atoms with Gasteiger partial charge in [0, 0.05) is 28.2 Å². The zero-order chi connectivity index (χ0) is 27.3. The molecule has 0 saturated carbocycles. The Kier molecular flexibility index (Phi) is 10.9. The number of nitrogens with two attached hydrogens (primary N) is 1. The maximum absolute atomic E-state index is 15.3. The minimum Gasteiger partial charge on any atom is -0.453 e. The average Bonchev–Trinajstić information content (AvgIpc) is 2.84. The van der Waals surface area contributed by atoms with E-state index in [4.69, 9.17) is 38.9 Å². The van der Waals surface area contributed by atoms with Crippen molar-refractivity contribution in [2.24, 2.45) is 5.73 Å². The van der Waals surface area contributed by atoms with Crippen LogP contribution in [0, 0.1) is 17.1 Å². The van der Waals surface area contributed by atoms with Crippen molar-refractivity contribution in [1.29, 1.82) is 5.26 Å². The normalized spacial score (nSPS) is 10.7. The molecule has 0 spiro atoms. The predicted octanol–water partition coefficient (Wildman–Crippen LogP) is 6.63. The van der Waals surface area contributed by atoms with E-state index in [1.807, 2.05) is 6.07 Å². The first-order valence-corrected chi connectivity index (χ1v) is 12.4. The van der Waals surface area contributed by atoms with Crippen molar-refractivity contribution in [3.63, 3.8) is 0 Å². The number of nitriles is 1. The van der Waals surface area contributed by atoms with Crippen molar-refractivity contribution in [1.82, 2.24) is 5.32 Å².